The molecular formula is C18H15FN6O4S. The number of thioether (sulfide) groups is 1. The van der Waals surface area contributed by atoms with Gasteiger partial charge < -0.3 is 10.3 Å². The number of halogens is 1. The Morgan fingerprint density at radius 1 is 1.23 bits per heavy atom. The van der Waals surface area contributed by atoms with Gasteiger partial charge in [0.15, 0.2) is 11.4 Å². The largest absolute Gasteiger partial charge is 0.419 e. The number of non-ortho nitro benzene ring substituents is 1. The third-order valence-electron chi connectivity index (χ3n) is 4.40. The highest BCUT2D eigenvalue weighted by Crippen LogP contribution is 2.24. The molecule has 154 valence electrons. The van der Waals surface area contributed by atoms with Gasteiger partial charge in [-0.2, -0.15) is 0 Å². The number of nitrogen functional groups attached to an aromatic ring is 1. The number of hydrogen-bond acceptors (Lipinski definition) is 8. The SMILES string of the molecule is Nn1c(SCCCn2c(=O)oc3ccc([N+](=O)[O-])cc32)nnc1-c1ccccc1F. The number of nitro groups is 1. The fourth-order valence-corrected chi connectivity index (χ4v) is 3.74. The van der Waals surface area contributed by atoms with Gasteiger partial charge in [-0.05, 0) is 24.6 Å². The molecular weight excluding hydrogens is 415 g/mol. The monoisotopic (exact) mass is 430 g/mol. The first-order valence-electron chi connectivity index (χ1n) is 8.81. The van der Waals surface area contributed by atoms with Gasteiger partial charge in [-0.15, -0.1) is 10.2 Å². The highest BCUT2D eigenvalue weighted by atomic mass is 32.2. The van der Waals surface area contributed by atoms with E-state index in [9.17, 15) is 19.3 Å². The van der Waals surface area contributed by atoms with Crippen molar-refractivity contribution in [2.75, 3.05) is 11.6 Å². The first-order chi connectivity index (χ1) is 14.5. The number of nitro benzene ring substituents is 1. The molecule has 2 aromatic heterocycles. The van der Waals surface area contributed by atoms with Gasteiger partial charge in [-0.1, -0.05) is 23.9 Å². The standard InChI is InChI=1S/C18H15FN6O4S/c19-13-5-2-1-4-12(13)16-21-22-17(24(16)20)30-9-3-8-23-14-10-11(25(27)28)6-7-15(14)29-18(23)26/h1-2,4-7,10H,3,8-9,20H2. The van der Waals surface area contributed by atoms with Crippen molar-refractivity contribution in [1.82, 2.24) is 19.4 Å². The van der Waals surface area contributed by atoms with Crippen LogP contribution in [0.4, 0.5) is 10.1 Å². The highest BCUT2D eigenvalue weighted by molar-refractivity contribution is 7.99. The van der Waals surface area contributed by atoms with Crippen LogP contribution in [0.2, 0.25) is 0 Å². The smallest absolute Gasteiger partial charge is 0.408 e. The van der Waals surface area contributed by atoms with Gasteiger partial charge in [0.1, 0.15) is 5.82 Å². The molecule has 2 heterocycles. The summed E-state index contributed by atoms with van der Waals surface area (Å²) >= 11 is 1.30. The van der Waals surface area contributed by atoms with Gasteiger partial charge in [0.05, 0.1) is 16.0 Å². The lowest BCUT2D eigenvalue weighted by Gasteiger charge is -2.05. The number of nitrogens with two attached hydrogens (primary N) is 1. The second-order valence-corrected chi connectivity index (χ2v) is 7.35. The lowest BCUT2D eigenvalue weighted by molar-refractivity contribution is -0.384. The van der Waals surface area contributed by atoms with Gasteiger partial charge in [0, 0.05) is 24.4 Å². The Labute approximate surface area is 172 Å². The molecule has 0 spiro atoms. The Balaban J connectivity index is 1.45. The van der Waals surface area contributed by atoms with Gasteiger partial charge in [-0.25, -0.2) is 13.9 Å². The summed E-state index contributed by atoms with van der Waals surface area (Å²) in [5.41, 5.74) is 0.776. The molecule has 0 atom stereocenters. The van der Waals surface area contributed by atoms with E-state index in [4.69, 9.17) is 10.3 Å². The van der Waals surface area contributed by atoms with E-state index in [1.165, 1.54) is 45.3 Å². The molecule has 0 aliphatic heterocycles. The van der Waals surface area contributed by atoms with E-state index in [-0.39, 0.29) is 22.7 Å². The van der Waals surface area contributed by atoms with Crippen molar-refractivity contribution in [2.24, 2.45) is 0 Å². The molecule has 0 bridgehead atoms. The van der Waals surface area contributed by atoms with E-state index in [1.807, 2.05) is 0 Å². The summed E-state index contributed by atoms with van der Waals surface area (Å²) in [4.78, 5) is 22.5. The summed E-state index contributed by atoms with van der Waals surface area (Å²) in [6, 6.07) is 10.1. The summed E-state index contributed by atoms with van der Waals surface area (Å²) in [5, 5.41) is 19.3. The Morgan fingerprint density at radius 2 is 2.03 bits per heavy atom. The number of aryl methyl sites for hydroxylation is 1. The predicted octanol–water partition coefficient (Wildman–Crippen LogP) is 2.80. The summed E-state index contributed by atoms with van der Waals surface area (Å²) in [6.07, 6.45) is 0.532. The third kappa shape index (κ3) is 3.64. The first kappa shape index (κ1) is 19.6. The van der Waals surface area contributed by atoms with Crippen molar-refractivity contribution in [1.29, 1.82) is 0 Å². The second kappa shape index (κ2) is 7.99. The maximum absolute atomic E-state index is 13.9. The maximum atomic E-state index is 13.9. The summed E-state index contributed by atoms with van der Waals surface area (Å²) < 4.78 is 21.6. The number of hydrogen-bond donors (Lipinski definition) is 1. The molecule has 0 unspecified atom stereocenters. The van der Waals surface area contributed by atoms with E-state index >= 15 is 0 Å². The minimum atomic E-state index is -0.584. The molecule has 12 heteroatoms. The van der Waals surface area contributed by atoms with Crippen LogP contribution in [0.25, 0.3) is 22.5 Å². The number of aromatic nitrogens is 4. The van der Waals surface area contributed by atoms with Crippen LogP contribution in [-0.4, -0.2) is 30.1 Å². The van der Waals surface area contributed by atoms with Crippen LogP contribution in [0.5, 0.6) is 0 Å². The van der Waals surface area contributed by atoms with Crippen molar-refractivity contribution in [3.63, 3.8) is 0 Å². The molecule has 0 aliphatic rings. The quantitative estimate of drug-likeness (QED) is 0.155. The lowest BCUT2D eigenvalue weighted by Crippen LogP contribution is -2.15. The van der Waals surface area contributed by atoms with Crippen molar-refractivity contribution in [2.45, 2.75) is 18.1 Å². The number of nitrogens with zero attached hydrogens (tertiary/aromatic N) is 5. The zero-order valence-electron chi connectivity index (χ0n) is 15.4. The minimum absolute atomic E-state index is 0.122. The number of rotatable bonds is 7. The normalized spacial score (nSPS) is 11.2. The molecule has 30 heavy (non-hydrogen) atoms. The van der Waals surface area contributed by atoms with E-state index < -0.39 is 16.5 Å². The summed E-state index contributed by atoms with van der Waals surface area (Å²) in [7, 11) is 0. The molecule has 10 nitrogen and oxygen atoms in total. The van der Waals surface area contributed by atoms with Crippen molar-refractivity contribution < 1.29 is 13.7 Å². The lowest BCUT2D eigenvalue weighted by atomic mass is 10.2. The molecule has 0 saturated heterocycles. The number of benzene rings is 2. The average Bonchev–Trinajstić information content (AvgIpc) is 3.24. The molecule has 2 N–H and O–H groups in total. The molecule has 0 fully saturated rings. The molecule has 4 aromatic rings. The van der Waals surface area contributed by atoms with Crippen LogP contribution in [-0.2, 0) is 6.54 Å². The fourth-order valence-electron chi connectivity index (χ4n) is 2.96. The van der Waals surface area contributed by atoms with Gasteiger partial charge in [0.2, 0.25) is 5.16 Å². The van der Waals surface area contributed by atoms with E-state index in [1.54, 1.807) is 18.2 Å². The molecule has 0 radical (unpaired) electrons. The Morgan fingerprint density at radius 3 is 2.80 bits per heavy atom. The second-order valence-electron chi connectivity index (χ2n) is 6.29. The zero-order chi connectivity index (χ0) is 21.3. The van der Waals surface area contributed by atoms with E-state index in [0.717, 1.165) is 0 Å². The minimum Gasteiger partial charge on any atom is -0.408 e. The van der Waals surface area contributed by atoms with Gasteiger partial charge >= 0.3 is 5.76 Å². The number of oxazole rings is 1. The fraction of sp³-hybridized carbons (Fsp3) is 0.167. The Bertz CT molecular complexity index is 1300. The van der Waals surface area contributed by atoms with Crippen molar-refractivity contribution in [3.8, 4) is 11.4 Å². The van der Waals surface area contributed by atoms with Crippen LogP contribution in [0.3, 0.4) is 0 Å². The van der Waals surface area contributed by atoms with Gasteiger partial charge in [0.25, 0.3) is 5.69 Å². The zero-order valence-corrected chi connectivity index (χ0v) is 16.2. The van der Waals surface area contributed by atoms with Gasteiger partial charge in [-0.3, -0.25) is 14.7 Å². The average molecular weight is 430 g/mol. The summed E-state index contributed by atoms with van der Waals surface area (Å²) in [6.45, 7) is 0.291. The topological polar surface area (TPSA) is 135 Å². The Hall–Kier alpha value is -3.67. The van der Waals surface area contributed by atoms with Crippen LogP contribution < -0.4 is 11.6 Å². The van der Waals surface area contributed by atoms with Crippen LogP contribution in [0.15, 0.2) is 56.8 Å². The predicted molar refractivity (Wildman–Crippen MR) is 108 cm³/mol. The molecule has 2 aromatic carbocycles. The number of fused-ring (bicyclic) bond motifs is 1. The van der Waals surface area contributed by atoms with Crippen LogP contribution in [0, 0.1) is 15.9 Å². The van der Waals surface area contributed by atoms with Crippen LogP contribution >= 0.6 is 11.8 Å². The molecule has 0 amide bonds. The molecule has 0 saturated carbocycles. The van der Waals surface area contributed by atoms with E-state index in [2.05, 4.69) is 10.2 Å². The van der Waals surface area contributed by atoms with Crippen LogP contribution in [0.1, 0.15) is 6.42 Å². The highest BCUT2D eigenvalue weighted by Gasteiger charge is 2.16. The first-order valence-corrected chi connectivity index (χ1v) is 9.80. The molecule has 4 rings (SSSR count). The third-order valence-corrected chi connectivity index (χ3v) is 5.43. The maximum Gasteiger partial charge on any atom is 0.419 e. The van der Waals surface area contributed by atoms with Crippen molar-refractivity contribution in [3.05, 3.63) is 68.9 Å². The molecule has 0 aliphatic carbocycles. The van der Waals surface area contributed by atoms with Crippen molar-refractivity contribution >= 4 is 28.5 Å². The van der Waals surface area contributed by atoms with E-state index in [0.29, 0.717) is 29.4 Å². The summed E-state index contributed by atoms with van der Waals surface area (Å²) in [5.74, 6) is 5.70. The Kier molecular flexibility index (Phi) is 5.23.